The average Bonchev–Trinajstić information content (AvgIpc) is 3.39. The molecule has 0 saturated heterocycles. The summed E-state index contributed by atoms with van der Waals surface area (Å²) in [5, 5.41) is 13.0. The number of aromatic carboxylic acids is 1. The highest BCUT2D eigenvalue weighted by Crippen LogP contribution is 2.42. The summed E-state index contributed by atoms with van der Waals surface area (Å²) in [6.07, 6.45) is 11.5. The van der Waals surface area contributed by atoms with E-state index < -0.39 is 18.3 Å². The minimum atomic E-state index is -0.982. The summed E-state index contributed by atoms with van der Waals surface area (Å²) in [5.41, 5.74) is 1.74. The summed E-state index contributed by atoms with van der Waals surface area (Å²) < 4.78 is 11.0. The van der Waals surface area contributed by atoms with E-state index in [4.69, 9.17) is 9.47 Å². The summed E-state index contributed by atoms with van der Waals surface area (Å²) >= 11 is 1.30. The zero-order valence-electron chi connectivity index (χ0n) is 24.4. The molecule has 222 valence electrons. The number of carboxylic acid groups (broad SMARTS) is 1. The van der Waals surface area contributed by atoms with Gasteiger partial charge < -0.3 is 19.5 Å². The molecule has 8 nitrogen and oxygen atoms in total. The van der Waals surface area contributed by atoms with Crippen molar-refractivity contribution in [1.82, 2.24) is 5.32 Å². The fraction of sp³-hybridized carbons (Fsp3) is 0.710. The van der Waals surface area contributed by atoms with Crippen molar-refractivity contribution >= 4 is 40.6 Å². The molecule has 2 saturated carbocycles. The topological polar surface area (TPSA) is 105 Å². The number of alkyl carbamates (subject to hydrolysis) is 1. The zero-order valence-corrected chi connectivity index (χ0v) is 25.3. The number of allylic oxidation sites excluding steroid dienone is 2. The predicted molar refractivity (Wildman–Crippen MR) is 158 cm³/mol. The second-order valence-corrected chi connectivity index (χ2v) is 13.2. The second-order valence-electron chi connectivity index (χ2n) is 12.2. The van der Waals surface area contributed by atoms with Gasteiger partial charge in [-0.3, -0.25) is 10.1 Å². The molecule has 3 aliphatic rings. The molecule has 4 rings (SSSR count). The molecule has 1 atom stereocenters. The van der Waals surface area contributed by atoms with Crippen molar-refractivity contribution in [3.63, 3.8) is 0 Å². The van der Waals surface area contributed by atoms with Crippen molar-refractivity contribution in [1.29, 1.82) is 0 Å². The lowest BCUT2D eigenvalue weighted by molar-refractivity contribution is -0.124. The molecule has 1 heterocycles. The SMILES string of the molecule is COC(NC(=O)OC1CCC(N(C(=O)C2CCC(C)CC2)c2cc(C3=CCCCC3)sc2C(=O)O)CC1)C(C)C. The maximum Gasteiger partial charge on any atom is 0.409 e. The Morgan fingerprint density at radius 2 is 1.75 bits per heavy atom. The van der Waals surface area contributed by atoms with Crippen molar-refractivity contribution in [2.45, 2.75) is 116 Å². The highest BCUT2D eigenvalue weighted by Gasteiger charge is 2.38. The number of nitrogens with one attached hydrogen (secondary N) is 1. The number of hydrogen-bond donors (Lipinski definition) is 2. The van der Waals surface area contributed by atoms with Gasteiger partial charge in [0.1, 0.15) is 17.2 Å². The largest absolute Gasteiger partial charge is 0.477 e. The van der Waals surface area contributed by atoms with E-state index in [2.05, 4.69) is 18.3 Å². The number of carboxylic acids is 1. The fourth-order valence-corrected chi connectivity index (χ4v) is 7.41. The van der Waals surface area contributed by atoms with Crippen LogP contribution in [0.15, 0.2) is 12.1 Å². The number of carbonyl (C=O) groups excluding carboxylic acids is 2. The molecule has 1 unspecified atom stereocenters. The maximum atomic E-state index is 14.2. The standard InChI is InChI=1S/C31H46N2O6S/c1-19(2)28(38-4)32-31(37)39-24-16-14-23(15-17-24)33(29(34)22-12-10-20(3)11-13-22)25-18-26(40-27(25)30(35)36)21-8-6-5-7-9-21/h8,18-20,22-24,28H,5-7,9-17H2,1-4H3,(H,32,37)(H,35,36). The van der Waals surface area contributed by atoms with E-state index in [1.165, 1.54) is 16.9 Å². The van der Waals surface area contributed by atoms with Gasteiger partial charge in [0.25, 0.3) is 0 Å². The van der Waals surface area contributed by atoms with Gasteiger partial charge >= 0.3 is 12.1 Å². The predicted octanol–water partition coefficient (Wildman–Crippen LogP) is 7.23. The summed E-state index contributed by atoms with van der Waals surface area (Å²) in [6.45, 7) is 6.16. The maximum absolute atomic E-state index is 14.2. The number of amides is 2. The van der Waals surface area contributed by atoms with E-state index in [9.17, 15) is 19.5 Å². The lowest BCUT2D eigenvalue weighted by atomic mass is 9.81. The molecule has 9 heteroatoms. The Morgan fingerprint density at radius 1 is 1.05 bits per heavy atom. The van der Waals surface area contributed by atoms with Crippen molar-refractivity contribution in [2.24, 2.45) is 17.8 Å². The molecule has 0 radical (unpaired) electrons. The molecule has 1 aromatic heterocycles. The van der Waals surface area contributed by atoms with Crippen LogP contribution in [0, 0.1) is 17.8 Å². The highest BCUT2D eigenvalue weighted by molar-refractivity contribution is 7.15. The number of hydrogen-bond acceptors (Lipinski definition) is 6. The van der Waals surface area contributed by atoms with Gasteiger partial charge in [0.15, 0.2) is 0 Å². The average molecular weight is 575 g/mol. The molecule has 40 heavy (non-hydrogen) atoms. The molecule has 0 bridgehead atoms. The number of thiophene rings is 1. The monoisotopic (exact) mass is 574 g/mol. The third-order valence-electron chi connectivity index (χ3n) is 8.78. The number of carbonyl (C=O) groups is 3. The Labute approximate surface area is 242 Å². The molecule has 2 fully saturated rings. The first kappa shape index (κ1) is 30.6. The molecular weight excluding hydrogens is 528 g/mol. The third kappa shape index (κ3) is 7.46. The van der Waals surface area contributed by atoms with Gasteiger partial charge in [-0.05, 0) is 101 Å². The molecular formula is C31H46N2O6S. The van der Waals surface area contributed by atoms with Crippen LogP contribution < -0.4 is 10.2 Å². The van der Waals surface area contributed by atoms with Gasteiger partial charge in [-0.25, -0.2) is 9.59 Å². The summed E-state index contributed by atoms with van der Waals surface area (Å²) in [4.78, 5) is 42.2. The van der Waals surface area contributed by atoms with Crippen molar-refractivity contribution < 1.29 is 29.0 Å². The second kappa shape index (κ2) is 14.0. The van der Waals surface area contributed by atoms with Crippen LogP contribution in [-0.2, 0) is 14.3 Å². The van der Waals surface area contributed by atoms with Gasteiger partial charge in [-0.1, -0.05) is 26.8 Å². The Kier molecular flexibility index (Phi) is 10.7. The van der Waals surface area contributed by atoms with Crippen LogP contribution in [0.4, 0.5) is 10.5 Å². The van der Waals surface area contributed by atoms with Crippen LogP contribution >= 0.6 is 11.3 Å². The highest BCUT2D eigenvalue weighted by atomic mass is 32.1. The first-order valence-electron chi connectivity index (χ1n) is 15.1. The molecule has 2 N–H and O–H groups in total. The van der Waals surface area contributed by atoms with Gasteiger partial charge in [0, 0.05) is 23.9 Å². The van der Waals surface area contributed by atoms with Gasteiger partial charge in [-0.2, -0.15) is 0 Å². The van der Waals surface area contributed by atoms with Crippen LogP contribution in [0.3, 0.4) is 0 Å². The molecule has 0 spiro atoms. The first-order chi connectivity index (χ1) is 19.2. The van der Waals surface area contributed by atoms with E-state index in [0.29, 0.717) is 37.3 Å². The Balaban J connectivity index is 1.54. The molecule has 1 aromatic rings. The van der Waals surface area contributed by atoms with Crippen LogP contribution in [0.5, 0.6) is 0 Å². The van der Waals surface area contributed by atoms with Crippen LogP contribution in [0.25, 0.3) is 5.57 Å². The Bertz CT molecular complexity index is 1070. The quantitative estimate of drug-likeness (QED) is 0.302. The lowest BCUT2D eigenvalue weighted by Crippen LogP contribution is -2.48. The van der Waals surface area contributed by atoms with E-state index >= 15 is 0 Å². The van der Waals surface area contributed by atoms with Crippen LogP contribution in [0.1, 0.15) is 112 Å². The van der Waals surface area contributed by atoms with E-state index in [0.717, 1.165) is 56.2 Å². The van der Waals surface area contributed by atoms with Crippen molar-refractivity contribution in [2.75, 3.05) is 12.0 Å². The smallest absolute Gasteiger partial charge is 0.409 e. The Morgan fingerprint density at radius 3 is 2.33 bits per heavy atom. The zero-order chi connectivity index (χ0) is 28.8. The van der Waals surface area contributed by atoms with Crippen LogP contribution in [0.2, 0.25) is 0 Å². The molecule has 0 aromatic carbocycles. The number of nitrogens with zero attached hydrogens (tertiary/aromatic N) is 1. The minimum absolute atomic E-state index is 0.0540. The van der Waals surface area contributed by atoms with Crippen molar-refractivity contribution in [3.05, 3.63) is 21.9 Å². The van der Waals surface area contributed by atoms with Gasteiger partial charge in [0.2, 0.25) is 5.91 Å². The number of methoxy groups -OCH3 is 1. The summed E-state index contributed by atoms with van der Waals surface area (Å²) in [6, 6.07) is 1.83. The van der Waals surface area contributed by atoms with Crippen molar-refractivity contribution in [3.8, 4) is 0 Å². The summed E-state index contributed by atoms with van der Waals surface area (Å²) in [5.74, 6) is -0.288. The number of anilines is 1. The van der Waals surface area contributed by atoms with E-state index in [1.807, 2.05) is 24.8 Å². The van der Waals surface area contributed by atoms with E-state index in [-0.39, 0.29) is 34.8 Å². The van der Waals surface area contributed by atoms with Gasteiger partial charge in [0.05, 0.1) is 5.69 Å². The molecule has 0 aliphatic heterocycles. The number of rotatable bonds is 9. The minimum Gasteiger partial charge on any atom is -0.477 e. The molecule has 2 amide bonds. The third-order valence-corrected chi connectivity index (χ3v) is 9.97. The summed E-state index contributed by atoms with van der Waals surface area (Å²) in [7, 11) is 1.56. The first-order valence-corrected chi connectivity index (χ1v) is 15.9. The fourth-order valence-electron chi connectivity index (χ4n) is 6.35. The molecule has 3 aliphatic carbocycles. The van der Waals surface area contributed by atoms with Gasteiger partial charge in [-0.15, -0.1) is 11.3 Å². The van der Waals surface area contributed by atoms with Crippen LogP contribution in [-0.4, -0.2) is 48.6 Å². The van der Waals surface area contributed by atoms with E-state index in [1.54, 1.807) is 7.11 Å². The lowest BCUT2D eigenvalue weighted by Gasteiger charge is -2.39. The normalized spacial score (nSPS) is 26.1. The Hall–Kier alpha value is -2.39. The number of ether oxygens (including phenoxy) is 2.